The highest BCUT2D eigenvalue weighted by Crippen LogP contribution is 2.40. The van der Waals surface area contributed by atoms with E-state index in [0.29, 0.717) is 12.8 Å². The quantitative estimate of drug-likeness (QED) is 0.0102. The predicted molar refractivity (Wildman–Crippen MR) is 236 cm³/mol. The molecule has 0 aromatic carbocycles. The van der Waals surface area contributed by atoms with Gasteiger partial charge in [0, 0.05) is 33.6 Å². The molecule has 59 heavy (non-hydrogen) atoms. The summed E-state index contributed by atoms with van der Waals surface area (Å²) in [7, 11) is -2.37. The Hall–Kier alpha value is -2.45. The van der Waals surface area contributed by atoms with Crippen molar-refractivity contribution in [3.8, 4) is 0 Å². The van der Waals surface area contributed by atoms with Crippen LogP contribution >= 0.6 is 0 Å². The molecule has 0 aromatic heterocycles. The minimum Gasteiger partial charge on any atom is -0.726 e. The van der Waals surface area contributed by atoms with Crippen LogP contribution in [0.5, 0.6) is 0 Å². The van der Waals surface area contributed by atoms with Crippen LogP contribution in [0.25, 0.3) is 0 Å². The fourth-order valence-corrected chi connectivity index (χ4v) is 7.55. The average Bonchev–Trinajstić information content (AvgIpc) is 3.19. The lowest BCUT2D eigenvalue weighted by Crippen LogP contribution is -2.82. The molecule has 0 aliphatic carbocycles. The van der Waals surface area contributed by atoms with Gasteiger partial charge in [-0.05, 0) is 64.2 Å². The Morgan fingerprint density at radius 1 is 0.576 bits per heavy atom. The van der Waals surface area contributed by atoms with Gasteiger partial charge in [-0.1, -0.05) is 141 Å². The van der Waals surface area contributed by atoms with Crippen LogP contribution in [0, 0.1) is 0 Å². The molecule has 12 nitrogen and oxygen atoms in total. The number of aliphatic hydroxyl groups excluding tert-OH is 1. The first-order valence-corrected chi connectivity index (χ1v) is 24.1. The normalized spacial score (nSPS) is 15.5. The third-order valence-corrected chi connectivity index (χ3v) is 12.5. The van der Waals surface area contributed by atoms with Crippen molar-refractivity contribution in [3.05, 3.63) is 24.3 Å². The number of hydrogen-bond acceptors (Lipinski definition) is 9. The van der Waals surface area contributed by atoms with Crippen molar-refractivity contribution in [2.45, 2.75) is 232 Å². The van der Waals surface area contributed by atoms with E-state index in [1.54, 1.807) is 0 Å². The van der Waals surface area contributed by atoms with E-state index in [4.69, 9.17) is 0 Å². The maximum atomic E-state index is 13.8. The van der Waals surface area contributed by atoms with Gasteiger partial charge in [0.05, 0.1) is 14.2 Å². The van der Waals surface area contributed by atoms with E-state index in [9.17, 15) is 47.5 Å². The van der Waals surface area contributed by atoms with Gasteiger partial charge in [-0.2, -0.15) is 0 Å². The molecule has 3 N–H and O–H groups in total. The monoisotopic (exact) mass is 860 g/mol. The number of Topliss-reactive ketones (excluding diaryl/α,β-unsaturated/α-hetero) is 2. The first kappa shape index (κ1) is 58.6. The number of ketones is 2. The number of hydrogen-bond donors (Lipinski definition) is 3. The number of nitrogens with zero attached hydrogens (tertiary/aromatic N) is 1. The molecule has 4 atom stereocenters. The summed E-state index contributed by atoms with van der Waals surface area (Å²) in [6, 6.07) is 0. The minimum atomic E-state index is -4.41. The summed E-state index contributed by atoms with van der Waals surface area (Å²) in [5, 5.41) is 32.1. The lowest BCUT2D eigenvalue weighted by molar-refractivity contribution is -1.00. The van der Waals surface area contributed by atoms with Crippen LogP contribution in [0.4, 0.5) is 0 Å². The van der Waals surface area contributed by atoms with Gasteiger partial charge in [0.2, 0.25) is 22.0 Å². The number of aliphatic hydroxyl groups is 1. The van der Waals surface area contributed by atoms with Crippen molar-refractivity contribution in [2.75, 3.05) is 14.2 Å². The van der Waals surface area contributed by atoms with Crippen LogP contribution < -0.4 is 0 Å². The molecule has 4 unspecified atom stereocenters. The Labute approximate surface area is 359 Å². The number of carboxylic acid groups (broad SMARTS) is 2. The number of aliphatic carboxylic acids is 2. The van der Waals surface area contributed by atoms with Crippen molar-refractivity contribution in [2.24, 2.45) is 0 Å². The first-order chi connectivity index (χ1) is 27.9. The zero-order valence-electron chi connectivity index (χ0n) is 38.1. The van der Waals surface area contributed by atoms with Gasteiger partial charge >= 0.3 is 11.9 Å². The Morgan fingerprint density at radius 3 is 1.03 bits per heavy atom. The second-order valence-corrected chi connectivity index (χ2v) is 17.7. The molecule has 0 saturated heterocycles. The molecule has 0 heterocycles. The highest BCUT2D eigenvalue weighted by atomic mass is 32.3. The van der Waals surface area contributed by atoms with Crippen molar-refractivity contribution >= 4 is 33.9 Å². The summed E-state index contributed by atoms with van der Waals surface area (Å²) in [5.41, 5.74) is -4.69. The van der Waals surface area contributed by atoms with Gasteiger partial charge < -0.3 is 19.9 Å². The zero-order valence-corrected chi connectivity index (χ0v) is 39.0. The van der Waals surface area contributed by atoms with E-state index in [-0.39, 0.29) is 12.8 Å². The van der Waals surface area contributed by atoms with Crippen molar-refractivity contribution in [3.63, 3.8) is 0 Å². The maximum Gasteiger partial charge on any atom is 0.373 e. The average molecular weight is 860 g/mol. The molecule has 0 bridgehead atoms. The third-order valence-electron chi connectivity index (χ3n) is 12.1. The zero-order chi connectivity index (χ0) is 45.2. The summed E-state index contributed by atoms with van der Waals surface area (Å²) < 4.78 is 29.9. The standard InChI is InChI=1S/C45H81NO7.CH4O4S/c1-7-9-11-13-15-17-19-21-23-25-27-29-31-33-35-37-40(48)44(4,42(50)51)46(6,39(3)47)45(5,43(52)53)41(49)38-36-34-32-30-28-26-24-22-20-18-16-14-12-10-8-2;1-5-6(2,3)4/h21-24,39,47H,7-20,25-38H2,1-6H3,(H-,50,51,52,53);1H3,(H,2,3,4)/b23-21-,24-22?;. The van der Waals surface area contributed by atoms with Gasteiger partial charge in [-0.15, -0.1) is 0 Å². The number of quaternary nitrogens is 1. The Balaban J connectivity index is 0. The molecule has 0 aromatic rings. The van der Waals surface area contributed by atoms with Gasteiger partial charge in [0.15, 0.2) is 6.23 Å². The van der Waals surface area contributed by atoms with Crippen molar-refractivity contribution in [1.82, 2.24) is 0 Å². The fourth-order valence-electron chi connectivity index (χ4n) is 7.55. The van der Waals surface area contributed by atoms with Gasteiger partial charge in [0.1, 0.15) is 0 Å². The first-order valence-electron chi connectivity index (χ1n) is 22.7. The van der Waals surface area contributed by atoms with E-state index in [2.05, 4.69) is 42.3 Å². The van der Waals surface area contributed by atoms with Crippen LogP contribution in [-0.2, 0) is 33.8 Å². The number of allylic oxidation sites excluding steroid dienone is 4. The molecular formula is C46H85NO11S. The predicted octanol–water partition coefficient (Wildman–Crippen LogP) is 10.8. The van der Waals surface area contributed by atoms with E-state index in [1.807, 2.05) is 0 Å². The molecule has 0 amide bonds. The minimum absolute atomic E-state index is 0.0698. The maximum absolute atomic E-state index is 13.8. The van der Waals surface area contributed by atoms with E-state index in [1.165, 1.54) is 105 Å². The molecule has 346 valence electrons. The van der Waals surface area contributed by atoms with E-state index < -0.39 is 55.7 Å². The Kier molecular flexibility index (Phi) is 34.0. The summed E-state index contributed by atoms with van der Waals surface area (Å²) in [6.07, 6.45) is 35.5. The topological polar surface area (TPSA) is 195 Å². The summed E-state index contributed by atoms with van der Waals surface area (Å²) in [6.45, 7) is 8.09. The Morgan fingerprint density at radius 2 is 0.814 bits per heavy atom. The second kappa shape index (κ2) is 34.2. The molecule has 0 radical (unpaired) electrons. The summed E-state index contributed by atoms with van der Waals surface area (Å²) in [4.78, 5) is 53.4. The van der Waals surface area contributed by atoms with Crippen LogP contribution in [0.2, 0.25) is 0 Å². The summed E-state index contributed by atoms with van der Waals surface area (Å²) in [5.74, 6) is -4.43. The number of carboxylic acids is 2. The molecule has 0 rings (SSSR count). The number of carbonyl (C=O) groups excluding carboxylic acids is 2. The van der Waals surface area contributed by atoms with E-state index >= 15 is 0 Å². The van der Waals surface area contributed by atoms with Crippen LogP contribution in [0.1, 0.15) is 214 Å². The molecule has 13 heteroatoms. The van der Waals surface area contributed by atoms with Crippen LogP contribution in [0.3, 0.4) is 0 Å². The molecule has 0 aliphatic heterocycles. The van der Waals surface area contributed by atoms with Crippen molar-refractivity contribution < 1.29 is 56.1 Å². The molecule has 0 spiro atoms. The van der Waals surface area contributed by atoms with Crippen molar-refractivity contribution in [1.29, 1.82) is 0 Å². The fraction of sp³-hybridized carbons (Fsp3) is 0.826. The van der Waals surface area contributed by atoms with Gasteiger partial charge in [-0.3, -0.25) is 18.3 Å². The lowest BCUT2D eigenvalue weighted by Gasteiger charge is -2.54. The van der Waals surface area contributed by atoms with Crippen LogP contribution in [-0.4, -0.2) is 87.7 Å². The number of likely N-dealkylation sites (N-methyl/N-ethyl adjacent to an activating group) is 1. The number of rotatable bonds is 38. The molecule has 0 fully saturated rings. The van der Waals surface area contributed by atoms with Gasteiger partial charge in [-0.25, -0.2) is 18.0 Å². The Bertz CT molecular complexity index is 1240. The third kappa shape index (κ3) is 23.4. The highest BCUT2D eigenvalue weighted by Gasteiger charge is 2.71. The largest absolute Gasteiger partial charge is 0.726 e. The molecule has 0 aliphatic rings. The smallest absolute Gasteiger partial charge is 0.373 e. The van der Waals surface area contributed by atoms with Crippen LogP contribution in [0.15, 0.2) is 24.3 Å². The van der Waals surface area contributed by atoms with E-state index in [0.717, 1.165) is 84.2 Å². The number of carbonyl (C=O) groups is 4. The molecular weight excluding hydrogens is 775 g/mol. The summed E-state index contributed by atoms with van der Waals surface area (Å²) >= 11 is 0. The number of unbranched alkanes of at least 4 members (excludes halogenated alkanes) is 22. The second-order valence-electron chi connectivity index (χ2n) is 16.6. The van der Waals surface area contributed by atoms with Gasteiger partial charge in [0.25, 0.3) is 11.1 Å². The highest BCUT2D eigenvalue weighted by molar-refractivity contribution is 7.80. The molecule has 0 saturated carbocycles. The SMILES string of the molecule is CCCCCCCCC=CCCCCCCCC(=O)C(C)(C(=O)O)[N+](C)(C(C)O)C(C)(C(=O)O)C(=O)CCCCCCC/C=C\CCCCCCCC.COS(=O)(=O)[O-]. The lowest BCUT2D eigenvalue weighted by atomic mass is 9.78.